The van der Waals surface area contributed by atoms with Gasteiger partial charge in [0.15, 0.2) is 11.6 Å². The summed E-state index contributed by atoms with van der Waals surface area (Å²) < 4.78 is 40.3. The zero-order valence-electron chi connectivity index (χ0n) is 16.0. The summed E-state index contributed by atoms with van der Waals surface area (Å²) in [6, 6.07) is 12.4. The molecular formula is C22H12F3N3O4. The lowest BCUT2D eigenvalue weighted by atomic mass is 10.0. The van der Waals surface area contributed by atoms with E-state index in [1.807, 2.05) is 0 Å². The van der Waals surface area contributed by atoms with Gasteiger partial charge in [0.2, 0.25) is 0 Å². The fourth-order valence-corrected chi connectivity index (χ4v) is 3.21. The molecular weight excluding hydrogens is 427 g/mol. The lowest BCUT2D eigenvalue weighted by Crippen LogP contribution is -2.32. The maximum absolute atomic E-state index is 13.7. The summed E-state index contributed by atoms with van der Waals surface area (Å²) in [7, 11) is 0. The number of anilines is 2. The molecule has 0 unspecified atom stereocenters. The van der Waals surface area contributed by atoms with E-state index >= 15 is 0 Å². The number of benzene rings is 3. The molecule has 0 aliphatic carbocycles. The first-order valence-corrected chi connectivity index (χ1v) is 9.12. The maximum atomic E-state index is 13.7. The van der Waals surface area contributed by atoms with Crippen LogP contribution in [0.4, 0.5) is 30.2 Å². The Balaban J connectivity index is 1.82. The van der Waals surface area contributed by atoms with Gasteiger partial charge in [0.25, 0.3) is 17.5 Å². The van der Waals surface area contributed by atoms with Crippen LogP contribution in [-0.2, 0) is 9.59 Å². The van der Waals surface area contributed by atoms with E-state index in [-0.39, 0.29) is 33.9 Å². The van der Waals surface area contributed by atoms with Gasteiger partial charge in [-0.05, 0) is 54.1 Å². The van der Waals surface area contributed by atoms with E-state index in [0.29, 0.717) is 0 Å². The molecule has 7 nitrogen and oxygen atoms in total. The van der Waals surface area contributed by atoms with Crippen molar-refractivity contribution in [2.75, 3.05) is 10.2 Å². The molecule has 3 aromatic carbocycles. The largest absolute Gasteiger partial charge is 0.350 e. The number of carbonyl (C=O) groups is 2. The number of nitrogens with zero attached hydrogens (tertiary/aromatic N) is 2. The van der Waals surface area contributed by atoms with E-state index in [1.165, 1.54) is 30.3 Å². The Kier molecular flexibility index (Phi) is 5.19. The quantitative estimate of drug-likeness (QED) is 0.361. The van der Waals surface area contributed by atoms with E-state index in [0.717, 1.165) is 41.3 Å². The van der Waals surface area contributed by atoms with Crippen molar-refractivity contribution >= 4 is 34.4 Å². The summed E-state index contributed by atoms with van der Waals surface area (Å²) in [6.45, 7) is 0. The molecule has 10 heteroatoms. The van der Waals surface area contributed by atoms with Crippen LogP contribution < -0.4 is 10.2 Å². The summed E-state index contributed by atoms with van der Waals surface area (Å²) in [4.78, 5) is 37.4. The summed E-state index contributed by atoms with van der Waals surface area (Å²) in [5.41, 5.74) is -0.346. The number of hydrogen-bond acceptors (Lipinski definition) is 5. The van der Waals surface area contributed by atoms with Crippen LogP contribution in [0.1, 0.15) is 5.56 Å². The minimum absolute atomic E-state index is 0.000387. The summed E-state index contributed by atoms with van der Waals surface area (Å²) in [6.07, 6.45) is 0. The molecule has 0 spiro atoms. The molecule has 1 heterocycles. The van der Waals surface area contributed by atoms with Crippen LogP contribution in [0.15, 0.2) is 72.4 Å². The van der Waals surface area contributed by atoms with Gasteiger partial charge in [0, 0.05) is 23.9 Å². The number of nitro benzene ring substituents is 1. The first kappa shape index (κ1) is 20.8. The van der Waals surface area contributed by atoms with Gasteiger partial charge in [-0.15, -0.1) is 0 Å². The molecule has 2 amide bonds. The van der Waals surface area contributed by atoms with Gasteiger partial charge in [-0.1, -0.05) is 0 Å². The van der Waals surface area contributed by atoms with Crippen molar-refractivity contribution in [2.24, 2.45) is 0 Å². The van der Waals surface area contributed by atoms with Crippen LogP contribution in [0.2, 0.25) is 0 Å². The smallest absolute Gasteiger partial charge is 0.282 e. The standard InChI is InChI=1S/C22H12F3N3O4/c23-13-3-8-15(9-4-13)27-21(29)19(12-1-6-16(7-2-12)28(31)32)20(22(27)30)26-14-5-10-17(24)18(25)11-14/h1-11,26H. The first-order chi connectivity index (χ1) is 15.3. The van der Waals surface area contributed by atoms with Crippen LogP contribution in [0, 0.1) is 27.6 Å². The third-order valence-electron chi connectivity index (χ3n) is 4.72. The van der Waals surface area contributed by atoms with Crippen molar-refractivity contribution in [1.82, 2.24) is 0 Å². The van der Waals surface area contributed by atoms with Gasteiger partial charge in [-0.25, -0.2) is 18.1 Å². The number of halogens is 3. The molecule has 32 heavy (non-hydrogen) atoms. The summed E-state index contributed by atoms with van der Waals surface area (Å²) in [5, 5.41) is 13.6. The Morgan fingerprint density at radius 3 is 2.06 bits per heavy atom. The van der Waals surface area contributed by atoms with Crippen LogP contribution in [0.3, 0.4) is 0 Å². The normalized spacial score (nSPS) is 13.7. The molecule has 0 aromatic heterocycles. The molecule has 3 aromatic rings. The fourth-order valence-electron chi connectivity index (χ4n) is 3.21. The Morgan fingerprint density at radius 1 is 0.812 bits per heavy atom. The highest BCUT2D eigenvalue weighted by atomic mass is 19.2. The number of rotatable bonds is 5. The van der Waals surface area contributed by atoms with E-state index < -0.39 is 34.2 Å². The van der Waals surface area contributed by atoms with Crippen molar-refractivity contribution in [1.29, 1.82) is 0 Å². The summed E-state index contributed by atoms with van der Waals surface area (Å²) in [5.74, 6) is -4.43. The van der Waals surface area contributed by atoms with Gasteiger partial charge < -0.3 is 5.32 Å². The molecule has 160 valence electrons. The monoisotopic (exact) mass is 439 g/mol. The first-order valence-electron chi connectivity index (χ1n) is 9.12. The molecule has 0 bridgehead atoms. The number of nitrogens with one attached hydrogen (secondary N) is 1. The Hall–Kier alpha value is -4.47. The Morgan fingerprint density at radius 2 is 1.47 bits per heavy atom. The van der Waals surface area contributed by atoms with E-state index in [9.17, 15) is 32.9 Å². The highest BCUT2D eigenvalue weighted by Gasteiger charge is 2.40. The van der Waals surface area contributed by atoms with Crippen molar-refractivity contribution in [2.45, 2.75) is 0 Å². The molecule has 0 radical (unpaired) electrons. The van der Waals surface area contributed by atoms with Gasteiger partial charge in [0.1, 0.15) is 11.5 Å². The summed E-state index contributed by atoms with van der Waals surface area (Å²) >= 11 is 0. The van der Waals surface area contributed by atoms with Gasteiger partial charge in [-0.3, -0.25) is 19.7 Å². The van der Waals surface area contributed by atoms with Crippen LogP contribution in [-0.4, -0.2) is 16.7 Å². The SMILES string of the molecule is O=C1C(Nc2ccc(F)c(F)c2)=C(c2ccc([N+](=O)[O-])cc2)C(=O)N1c1ccc(F)cc1. The zero-order chi connectivity index (χ0) is 23.0. The molecule has 4 rings (SSSR count). The second-order valence-corrected chi connectivity index (χ2v) is 6.73. The minimum atomic E-state index is -1.17. The molecule has 1 N–H and O–H groups in total. The number of nitro groups is 1. The Labute approximate surface area is 178 Å². The van der Waals surface area contributed by atoms with Crippen molar-refractivity contribution in [3.8, 4) is 0 Å². The fraction of sp³-hybridized carbons (Fsp3) is 0. The zero-order valence-corrected chi connectivity index (χ0v) is 16.0. The average Bonchev–Trinajstić information content (AvgIpc) is 3.01. The highest BCUT2D eigenvalue weighted by molar-refractivity contribution is 6.46. The number of hydrogen-bond donors (Lipinski definition) is 1. The molecule has 0 saturated heterocycles. The molecule has 1 aliphatic heterocycles. The average molecular weight is 439 g/mol. The van der Waals surface area contributed by atoms with Crippen LogP contribution in [0.5, 0.6) is 0 Å². The van der Waals surface area contributed by atoms with E-state index in [4.69, 9.17) is 0 Å². The third-order valence-corrected chi connectivity index (χ3v) is 4.72. The third kappa shape index (κ3) is 3.69. The molecule has 1 aliphatic rings. The predicted molar refractivity (Wildman–Crippen MR) is 109 cm³/mol. The number of imide groups is 1. The molecule has 0 atom stereocenters. The van der Waals surface area contributed by atoms with Crippen molar-refractivity contribution < 1.29 is 27.7 Å². The lowest BCUT2D eigenvalue weighted by molar-refractivity contribution is -0.384. The van der Waals surface area contributed by atoms with E-state index in [2.05, 4.69) is 5.32 Å². The van der Waals surface area contributed by atoms with Crippen LogP contribution >= 0.6 is 0 Å². The minimum Gasteiger partial charge on any atom is -0.350 e. The number of amides is 2. The van der Waals surface area contributed by atoms with E-state index in [1.54, 1.807) is 0 Å². The number of carbonyl (C=O) groups excluding carboxylic acids is 2. The number of non-ortho nitro benzene ring substituents is 1. The predicted octanol–water partition coefficient (Wildman–Crippen LogP) is 4.41. The van der Waals surface area contributed by atoms with Gasteiger partial charge in [-0.2, -0.15) is 0 Å². The van der Waals surface area contributed by atoms with Crippen molar-refractivity contribution in [3.05, 3.63) is 106 Å². The highest BCUT2D eigenvalue weighted by Crippen LogP contribution is 2.34. The second kappa shape index (κ2) is 7.99. The lowest BCUT2D eigenvalue weighted by Gasteiger charge is -2.15. The maximum Gasteiger partial charge on any atom is 0.282 e. The van der Waals surface area contributed by atoms with Crippen LogP contribution in [0.25, 0.3) is 5.57 Å². The van der Waals surface area contributed by atoms with Gasteiger partial charge >= 0.3 is 0 Å². The molecule has 0 saturated carbocycles. The van der Waals surface area contributed by atoms with Crippen molar-refractivity contribution in [3.63, 3.8) is 0 Å². The topological polar surface area (TPSA) is 92.5 Å². The molecule has 0 fully saturated rings. The second-order valence-electron chi connectivity index (χ2n) is 6.73. The van der Waals surface area contributed by atoms with Gasteiger partial charge in [0.05, 0.1) is 16.2 Å². The Bertz CT molecular complexity index is 1290.